The number of nitrogens with zero attached hydrogens (tertiary/aromatic N) is 2. The monoisotopic (exact) mass is 510 g/mol. The molecule has 0 fully saturated rings. The lowest BCUT2D eigenvalue weighted by Gasteiger charge is -2.14. The Balaban J connectivity index is 1.80. The van der Waals surface area contributed by atoms with E-state index in [4.69, 9.17) is 27.9 Å². The van der Waals surface area contributed by atoms with Gasteiger partial charge in [-0.3, -0.25) is 4.79 Å². The van der Waals surface area contributed by atoms with E-state index in [1.807, 2.05) is 0 Å². The van der Waals surface area contributed by atoms with Crippen molar-refractivity contribution in [3.05, 3.63) is 68.8 Å². The highest BCUT2D eigenvalue weighted by atomic mass is 35.5. The van der Waals surface area contributed by atoms with Crippen molar-refractivity contribution in [1.29, 1.82) is 0 Å². The first-order valence-electron chi connectivity index (χ1n) is 10.3. The molecular weight excluding hydrogens is 487 g/mol. The fraction of sp³-hybridized carbons (Fsp3) is 0.304. The number of ether oxygens (including phenoxy) is 1. The van der Waals surface area contributed by atoms with Crippen LogP contribution >= 0.6 is 23.2 Å². The summed E-state index contributed by atoms with van der Waals surface area (Å²) in [6.07, 6.45) is 4.76. The van der Waals surface area contributed by atoms with Crippen molar-refractivity contribution >= 4 is 33.0 Å². The molecule has 0 spiro atoms. The second-order valence-corrected chi connectivity index (χ2v) is 10.6. The summed E-state index contributed by atoms with van der Waals surface area (Å²) in [4.78, 5) is 16.3. The third-order valence-electron chi connectivity index (χ3n) is 5.17. The fourth-order valence-electron chi connectivity index (χ4n) is 3.24. The van der Waals surface area contributed by atoms with Gasteiger partial charge in [-0.1, -0.05) is 30.1 Å². The summed E-state index contributed by atoms with van der Waals surface area (Å²) >= 11 is 12.3. The van der Waals surface area contributed by atoms with Crippen molar-refractivity contribution in [1.82, 2.24) is 9.55 Å². The van der Waals surface area contributed by atoms with Crippen molar-refractivity contribution in [2.24, 2.45) is 7.05 Å². The van der Waals surface area contributed by atoms with Crippen LogP contribution < -0.4 is 10.3 Å². The van der Waals surface area contributed by atoms with Gasteiger partial charge in [0.2, 0.25) is 0 Å². The highest BCUT2D eigenvalue weighted by Crippen LogP contribution is 2.34. The molecule has 33 heavy (non-hydrogen) atoms. The first kappa shape index (κ1) is 25.1. The first-order chi connectivity index (χ1) is 15.6. The molecule has 0 unspecified atom stereocenters. The Morgan fingerprint density at radius 2 is 1.88 bits per heavy atom. The van der Waals surface area contributed by atoms with Crippen LogP contribution in [0, 0.1) is 0 Å². The van der Waals surface area contributed by atoms with Crippen LogP contribution in [0.25, 0.3) is 11.1 Å². The second-order valence-electron chi connectivity index (χ2n) is 7.49. The Hall–Kier alpha value is -2.55. The number of phenolic OH excluding ortho intramolecular Hbond substituents is 1. The molecule has 0 amide bonds. The molecule has 3 rings (SSSR count). The summed E-state index contributed by atoms with van der Waals surface area (Å²) in [5.74, 6) is 0.408. The zero-order chi connectivity index (χ0) is 24.2. The number of sulfone groups is 1. The molecule has 176 valence electrons. The second kappa shape index (κ2) is 10.6. The summed E-state index contributed by atoms with van der Waals surface area (Å²) in [6.45, 7) is 1.85. The van der Waals surface area contributed by atoms with Crippen LogP contribution in [0.5, 0.6) is 11.5 Å². The van der Waals surface area contributed by atoms with Crippen LogP contribution in [0.3, 0.4) is 0 Å². The molecule has 0 aliphatic carbocycles. The van der Waals surface area contributed by atoms with Crippen LogP contribution in [0.2, 0.25) is 10.2 Å². The lowest BCUT2D eigenvalue weighted by atomic mass is 10.1. The number of rotatable bonds is 9. The summed E-state index contributed by atoms with van der Waals surface area (Å²) in [5, 5.41) is 10.6. The maximum absolute atomic E-state index is 12.3. The molecule has 0 aliphatic rings. The third-order valence-corrected chi connectivity index (χ3v) is 7.41. The number of unbranched alkanes of at least 4 members (excludes halogenated alkanes) is 1. The molecule has 0 saturated carbocycles. The average Bonchev–Trinajstić information content (AvgIpc) is 2.78. The number of pyridine rings is 2. The molecule has 0 saturated heterocycles. The van der Waals surface area contributed by atoms with E-state index in [2.05, 4.69) is 4.98 Å². The molecule has 0 atom stereocenters. The van der Waals surface area contributed by atoms with Gasteiger partial charge >= 0.3 is 0 Å². The van der Waals surface area contributed by atoms with Crippen LogP contribution in [-0.4, -0.2) is 35.4 Å². The lowest BCUT2D eigenvalue weighted by Crippen LogP contribution is -2.16. The zero-order valence-corrected chi connectivity index (χ0v) is 20.5. The smallest absolute Gasteiger partial charge is 0.254 e. The number of aryl methyl sites for hydroxylation is 2. The summed E-state index contributed by atoms with van der Waals surface area (Å²) < 4.78 is 31.9. The van der Waals surface area contributed by atoms with E-state index in [9.17, 15) is 18.3 Å². The van der Waals surface area contributed by atoms with Crippen molar-refractivity contribution in [2.75, 3.05) is 12.4 Å². The molecule has 0 bridgehead atoms. The highest BCUT2D eigenvalue weighted by Gasteiger charge is 2.19. The predicted molar refractivity (Wildman–Crippen MR) is 129 cm³/mol. The molecule has 1 N–H and O–H groups in total. The maximum atomic E-state index is 12.3. The molecule has 7 nitrogen and oxygen atoms in total. The normalized spacial score (nSPS) is 11.5. The van der Waals surface area contributed by atoms with Crippen LogP contribution in [0.4, 0.5) is 0 Å². The number of aromatic hydroxyl groups is 1. The van der Waals surface area contributed by atoms with Crippen LogP contribution in [0.15, 0.2) is 52.4 Å². The quantitative estimate of drug-likeness (QED) is 0.332. The summed E-state index contributed by atoms with van der Waals surface area (Å²) in [6, 6.07) is 7.70. The van der Waals surface area contributed by atoms with Gasteiger partial charge in [0.15, 0.2) is 9.84 Å². The number of hydrogen-bond donors (Lipinski definition) is 1. The van der Waals surface area contributed by atoms with Gasteiger partial charge in [0, 0.05) is 41.7 Å². The standard InChI is InChI=1S/C23H24Cl2N2O5S/c1-3-33(30,31)17-11-18(23(25)26-13-17)19-14-27(2)22(29)12-21(19)32-9-5-4-6-15-10-16(24)7-8-20(15)28/h7-8,10-14,28H,3-6,9H2,1-2H3. The number of benzene rings is 1. The summed E-state index contributed by atoms with van der Waals surface area (Å²) in [7, 11) is -1.91. The van der Waals surface area contributed by atoms with Gasteiger partial charge in [-0.2, -0.15) is 0 Å². The largest absolute Gasteiger partial charge is 0.508 e. The third kappa shape index (κ3) is 6.07. The van der Waals surface area contributed by atoms with E-state index >= 15 is 0 Å². The molecule has 0 radical (unpaired) electrons. The van der Waals surface area contributed by atoms with Gasteiger partial charge in [0.25, 0.3) is 5.56 Å². The van der Waals surface area contributed by atoms with E-state index < -0.39 is 9.84 Å². The van der Waals surface area contributed by atoms with Crippen molar-refractivity contribution < 1.29 is 18.3 Å². The Morgan fingerprint density at radius 1 is 1.12 bits per heavy atom. The minimum atomic E-state index is -3.49. The topological polar surface area (TPSA) is 98.5 Å². The molecule has 2 heterocycles. The van der Waals surface area contributed by atoms with Crippen molar-refractivity contribution in [3.8, 4) is 22.6 Å². The van der Waals surface area contributed by atoms with E-state index in [1.54, 1.807) is 38.4 Å². The maximum Gasteiger partial charge on any atom is 0.254 e. The predicted octanol–water partition coefficient (Wildman–Crippen LogP) is 4.66. The van der Waals surface area contributed by atoms with E-state index in [1.165, 1.54) is 22.9 Å². The number of halogens is 2. The molecule has 0 aliphatic heterocycles. The minimum absolute atomic E-state index is 0.0468. The lowest BCUT2D eigenvalue weighted by molar-refractivity contribution is 0.307. The Bertz CT molecular complexity index is 1320. The molecule has 1 aromatic carbocycles. The van der Waals surface area contributed by atoms with Crippen LogP contribution in [0.1, 0.15) is 25.3 Å². The van der Waals surface area contributed by atoms with E-state index in [0.717, 1.165) is 12.0 Å². The van der Waals surface area contributed by atoms with Crippen LogP contribution in [-0.2, 0) is 23.3 Å². The van der Waals surface area contributed by atoms with Gasteiger partial charge in [-0.05, 0) is 49.1 Å². The molecule has 2 aromatic heterocycles. The van der Waals surface area contributed by atoms with Crippen molar-refractivity contribution in [3.63, 3.8) is 0 Å². The Kier molecular flexibility index (Phi) is 8.05. The first-order valence-corrected chi connectivity index (χ1v) is 12.7. The van der Waals surface area contributed by atoms with Gasteiger partial charge < -0.3 is 14.4 Å². The van der Waals surface area contributed by atoms with Crippen molar-refractivity contribution in [2.45, 2.75) is 31.1 Å². The van der Waals surface area contributed by atoms with Gasteiger partial charge in [0.05, 0.1) is 17.3 Å². The van der Waals surface area contributed by atoms with E-state index in [-0.39, 0.29) is 27.1 Å². The summed E-state index contributed by atoms with van der Waals surface area (Å²) in [5.41, 5.74) is 1.30. The fourth-order valence-corrected chi connectivity index (χ4v) is 4.49. The Morgan fingerprint density at radius 3 is 2.61 bits per heavy atom. The highest BCUT2D eigenvalue weighted by molar-refractivity contribution is 7.91. The zero-order valence-electron chi connectivity index (χ0n) is 18.2. The van der Waals surface area contributed by atoms with Gasteiger partial charge in [0.1, 0.15) is 16.7 Å². The number of aromatic nitrogens is 2. The van der Waals surface area contributed by atoms with E-state index in [0.29, 0.717) is 41.3 Å². The molecule has 10 heteroatoms. The SMILES string of the molecule is CCS(=O)(=O)c1cnc(Cl)c(-c2cn(C)c(=O)cc2OCCCCc2cc(Cl)ccc2O)c1. The number of phenols is 1. The molecule has 3 aromatic rings. The molecular formula is C23H24Cl2N2O5S. The Labute approximate surface area is 202 Å². The average molecular weight is 511 g/mol. The van der Waals surface area contributed by atoms with Gasteiger partial charge in [-0.25, -0.2) is 13.4 Å². The minimum Gasteiger partial charge on any atom is -0.508 e. The van der Waals surface area contributed by atoms with Gasteiger partial charge in [-0.15, -0.1) is 0 Å². The number of hydrogen-bond acceptors (Lipinski definition) is 6.